The first-order chi connectivity index (χ1) is 15.1. The van der Waals surface area contributed by atoms with Crippen LogP contribution in [0.15, 0.2) is 46.9 Å². The zero-order valence-corrected chi connectivity index (χ0v) is 17.8. The van der Waals surface area contributed by atoms with Gasteiger partial charge in [0.15, 0.2) is 0 Å². The van der Waals surface area contributed by atoms with Crippen LogP contribution in [0.25, 0.3) is 22.3 Å². The third-order valence-corrected chi connectivity index (χ3v) is 5.84. The number of carbonyl (C=O) groups is 1. The lowest BCUT2D eigenvalue weighted by Gasteiger charge is -2.29. The molecule has 0 radical (unpaired) electrons. The van der Waals surface area contributed by atoms with Gasteiger partial charge in [0.25, 0.3) is 0 Å². The van der Waals surface area contributed by atoms with Gasteiger partial charge in [0.05, 0.1) is 12.7 Å². The molecule has 1 saturated heterocycles. The van der Waals surface area contributed by atoms with E-state index in [9.17, 15) is 15.0 Å². The number of rotatable bonds is 7. The number of esters is 1. The number of fused-ring (bicyclic) bond motifs is 1. The van der Waals surface area contributed by atoms with Crippen molar-refractivity contribution in [1.82, 2.24) is 4.90 Å². The average Bonchev–Trinajstić information content (AvgIpc) is 3.16. The van der Waals surface area contributed by atoms with Gasteiger partial charge in [-0.05, 0) is 57.8 Å². The molecular formula is C25H29NO5. The summed E-state index contributed by atoms with van der Waals surface area (Å²) in [4.78, 5) is 15.2. The first-order valence-electron chi connectivity index (χ1n) is 11.0. The highest BCUT2D eigenvalue weighted by Crippen LogP contribution is 2.39. The number of aliphatic hydroxyl groups excluding tert-OH is 1. The van der Waals surface area contributed by atoms with E-state index in [0.717, 1.165) is 37.9 Å². The fourth-order valence-electron chi connectivity index (χ4n) is 4.41. The molecule has 31 heavy (non-hydrogen) atoms. The Morgan fingerprint density at radius 3 is 2.77 bits per heavy atom. The lowest BCUT2D eigenvalue weighted by atomic mass is 9.98. The number of phenolic OH excluding ortho intramolecular Hbond substituents is 1. The molecular weight excluding hydrogens is 394 g/mol. The SMILES string of the molecule is CCOC(=O)c1c(-c2ccccc2)oc2ccc(O)c(CCCN3CCCC(O)C3)c12. The molecule has 0 aliphatic carbocycles. The number of aliphatic hydroxyl groups is 1. The van der Waals surface area contributed by atoms with Crippen molar-refractivity contribution in [1.29, 1.82) is 0 Å². The minimum absolute atomic E-state index is 0.150. The maximum absolute atomic E-state index is 12.9. The lowest BCUT2D eigenvalue weighted by molar-refractivity contribution is 0.0528. The quantitative estimate of drug-likeness (QED) is 0.549. The molecule has 2 heterocycles. The van der Waals surface area contributed by atoms with Crippen LogP contribution in [0.1, 0.15) is 42.1 Å². The van der Waals surface area contributed by atoms with Crippen molar-refractivity contribution >= 4 is 16.9 Å². The normalized spacial score (nSPS) is 17.2. The number of ether oxygens (including phenoxy) is 1. The third kappa shape index (κ3) is 4.60. The van der Waals surface area contributed by atoms with E-state index >= 15 is 0 Å². The molecule has 164 valence electrons. The Bertz CT molecular complexity index is 1040. The topological polar surface area (TPSA) is 83.1 Å². The highest BCUT2D eigenvalue weighted by atomic mass is 16.5. The second-order valence-electron chi connectivity index (χ2n) is 8.03. The van der Waals surface area contributed by atoms with Crippen molar-refractivity contribution in [2.75, 3.05) is 26.2 Å². The predicted octanol–water partition coefficient (Wildman–Crippen LogP) is 4.37. The summed E-state index contributed by atoms with van der Waals surface area (Å²) < 4.78 is 11.4. The molecule has 0 spiro atoms. The van der Waals surface area contributed by atoms with Crippen molar-refractivity contribution in [2.24, 2.45) is 0 Å². The van der Waals surface area contributed by atoms with Crippen LogP contribution in [-0.4, -0.2) is 53.4 Å². The number of likely N-dealkylation sites (tertiary alicyclic amines) is 1. The van der Waals surface area contributed by atoms with E-state index in [2.05, 4.69) is 4.90 Å². The molecule has 6 heteroatoms. The number of piperidine rings is 1. The molecule has 4 rings (SSSR count). The second-order valence-corrected chi connectivity index (χ2v) is 8.03. The second kappa shape index (κ2) is 9.54. The Morgan fingerprint density at radius 1 is 1.23 bits per heavy atom. The van der Waals surface area contributed by atoms with Crippen LogP contribution >= 0.6 is 0 Å². The molecule has 1 aromatic heterocycles. The van der Waals surface area contributed by atoms with Gasteiger partial charge in [-0.3, -0.25) is 0 Å². The summed E-state index contributed by atoms with van der Waals surface area (Å²) in [5, 5.41) is 21.2. The standard InChI is InChI=1S/C25H29NO5/c1-2-30-25(29)23-22-19(11-7-15-26-14-6-10-18(27)16-26)20(28)12-13-21(22)31-24(23)17-8-4-3-5-9-17/h3-5,8-9,12-13,18,27-28H,2,6-7,10-11,14-16H2,1H3. The molecule has 0 amide bonds. The van der Waals surface area contributed by atoms with E-state index in [1.54, 1.807) is 19.1 Å². The van der Waals surface area contributed by atoms with Crippen molar-refractivity contribution in [3.05, 3.63) is 53.6 Å². The Hall–Kier alpha value is -2.83. The molecule has 0 bridgehead atoms. The maximum Gasteiger partial charge on any atom is 0.342 e. The van der Waals surface area contributed by atoms with Gasteiger partial charge in [0.1, 0.15) is 22.7 Å². The molecule has 2 aromatic carbocycles. The van der Waals surface area contributed by atoms with E-state index in [1.807, 2.05) is 30.3 Å². The maximum atomic E-state index is 12.9. The van der Waals surface area contributed by atoms with Crippen LogP contribution in [0, 0.1) is 0 Å². The number of hydrogen-bond donors (Lipinski definition) is 2. The number of benzene rings is 2. The highest BCUT2D eigenvalue weighted by molar-refractivity contribution is 6.10. The smallest absolute Gasteiger partial charge is 0.342 e. The van der Waals surface area contributed by atoms with Crippen molar-refractivity contribution < 1.29 is 24.2 Å². The van der Waals surface area contributed by atoms with Gasteiger partial charge in [-0.2, -0.15) is 0 Å². The summed E-state index contributed by atoms with van der Waals surface area (Å²) in [6, 6.07) is 12.8. The Labute approximate surface area is 182 Å². The number of furan rings is 1. The molecule has 0 saturated carbocycles. The molecule has 1 atom stereocenters. The number of hydrogen-bond acceptors (Lipinski definition) is 6. The first kappa shape index (κ1) is 21.4. The van der Waals surface area contributed by atoms with Gasteiger partial charge in [0, 0.05) is 23.1 Å². The lowest BCUT2D eigenvalue weighted by Crippen LogP contribution is -2.38. The van der Waals surface area contributed by atoms with Crippen LogP contribution in [-0.2, 0) is 11.2 Å². The fraction of sp³-hybridized carbons (Fsp3) is 0.400. The van der Waals surface area contributed by atoms with E-state index in [0.29, 0.717) is 40.8 Å². The van der Waals surface area contributed by atoms with Crippen molar-refractivity contribution in [3.8, 4) is 17.1 Å². The molecule has 6 nitrogen and oxygen atoms in total. The van der Waals surface area contributed by atoms with Crippen LogP contribution in [0.4, 0.5) is 0 Å². The zero-order chi connectivity index (χ0) is 21.8. The molecule has 3 aromatic rings. The summed E-state index contributed by atoms with van der Waals surface area (Å²) in [7, 11) is 0. The van der Waals surface area contributed by atoms with E-state index < -0.39 is 5.97 Å². The highest BCUT2D eigenvalue weighted by Gasteiger charge is 2.27. The van der Waals surface area contributed by atoms with E-state index in [4.69, 9.17) is 9.15 Å². The van der Waals surface area contributed by atoms with Crippen LogP contribution in [0.3, 0.4) is 0 Å². The van der Waals surface area contributed by atoms with E-state index in [-0.39, 0.29) is 18.5 Å². The fourth-order valence-corrected chi connectivity index (χ4v) is 4.41. The number of β-amino-alcohol motifs (C(OH)–C–C–N with tert-alkyl or cyclic N) is 1. The number of carbonyl (C=O) groups excluding carboxylic acids is 1. The van der Waals surface area contributed by atoms with E-state index in [1.165, 1.54) is 0 Å². The minimum atomic E-state index is -0.453. The summed E-state index contributed by atoms with van der Waals surface area (Å²) >= 11 is 0. The minimum Gasteiger partial charge on any atom is -0.508 e. The van der Waals surface area contributed by atoms with Gasteiger partial charge in [-0.1, -0.05) is 30.3 Å². The molecule has 1 fully saturated rings. The summed E-state index contributed by atoms with van der Waals surface area (Å²) in [5.74, 6) is 0.156. The number of aromatic hydroxyl groups is 1. The third-order valence-electron chi connectivity index (χ3n) is 5.84. The van der Waals surface area contributed by atoms with Gasteiger partial charge < -0.3 is 24.3 Å². The molecule has 1 unspecified atom stereocenters. The van der Waals surface area contributed by atoms with Gasteiger partial charge in [-0.25, -0.2) is 4.79 Å². The predicted molar refractivity (Wildman–Crippen MR) is 119 cm³/mol. The van der Waals surface area contributed by atoms with Crippen LogP contribution in [0.2, 0.25) is 0 Å². The van der Waals surface area contributed by atoms with Gasteiger partial charge in [0.2, 0.25) is 0 Å². The van der Waals surface area contributed by atoms with Crippen LogP contribution < -0.4 is 0 Å². The van der Waals surface area contributed by atoms with Crippen molar-refractivity contribution in [3.63, 3.8) is 0 Å². The number of phenols is 1. The van der Waals surface area contributed by atoms with Gasteiger partial charge in [-0.15, -0.1) is 0 Å². The monoisotopic (exact) mass is 423 g/mol. The largest absolute Gasteiger partial charge is 0.508 e. The van der Waals surface area contributed by atoms with Crippen LogP contribution in [0.5, 0.6) is 5.75 Å². The summed E-state index contributed by atoms with van der Waals surface area (Å²) in [6.07, 6.45) is 2.99. The van der Waals surface area contributed by atoms with Gasteiger partial charge >= 0.3 is 5.97 Å². The number of aryl methyl sites for hydroxylation is 1. The Morgan fingerprint density at radius 2 is 2.03 bits per heavy atom. The Balaban J connectivity index is 1.70. The van der Waals surface area contributed by atoms with Crippen molar-refractivity contribution in [2.45, 2.75) is 38.7 Å². The first-order valence-corrected chi connectivity index (χ1v) is 11.0. The zero-order valence-electron chi connectivity index (χ0n) is 17.8. The molecule has 2 N–H and O–H groups in total. The Kier molecular flexibility index (Phi) is 6.59. The molecule has 1 aliphatic rings. The average molecular weight is 424 g/mol. The summed E-state index contributed by atoms with van der Waals surface area (Å²) in [5.41, 5.74) is 2.41. The number of nitrogens with zero attached hydrogens (tertiary/aromatic N) is 1. The molecule has 1 aliphatic heterocycles. The summed E-state index contributed by atoms with van der Waals surface area (Å²) in [6.45, 7) is 4.52.